The van der Waals surface area contributed by atoms with Gasteiger partial charge in [-0.25, -0.2) is 4.79 Å². The van der Waals surface area contributed by atoms with E-state index in [0.717, 1.165) is 22.5 Å². The minimum atomic E-state index is -0.496. The number of esters is 1. The second kappa shape index (κ2) is 7.81. The summed E-state index contributed by atoms with van der Waals surface area (Å²) in [4.78, 5) is 28.8. The van der Waals surface area contributed by atoms with E-state index in [0.29, 0.717) is 21.8 Å². The highest BCUT2D eigenvalue weighted by Gasteiger charge is 2.20. The van der Waals surface area contributed by atoms with Crippen molar-refractivity contribution in [3.8, 4) is 11.5 Å². The van der Waals surface area contributed by atoms with Gasteiger partial charge in [0.25, 0.3) is 5.91 Å². The quantitative estimate of drug-likeness (QED) is 0.402. The number of benzene rings is 3. The number of hydrogen-bond donors (Lipinski definition) is 1. The van der Waals surface area contributed by atoms with Crippen molar-refractivity contribution in [2.45, 2.75) is 0 Å². The highest BCUT2D eigenvalue weighted by Crippen LogP contribution is 2.32. The molecule has 3 aromatic rings. The van der Waals surface area contributed by atoms with Gasteiger partial charge < -0.3 is 15.2 Å². The van der Waals surface area contributed by atoms with Gasteiger partial charge in [-0.3, -0.25) is 4.79 Å². The van der Waals surface area contributed by atoms with Crippen LogP contribution in [0.4, 0.5) is 0 Å². The number of thioether (sulfide) groups is 1. The Kier molecular flexibility index (Phi) is 5.05. The first-order valence-electron chi connectivity index (χ1n) is 8.71. The number of ether oxygens (including phenoxy) is 2. The number of amides is 1. The molecule has 1 aliphatic heterocycles. The Morgan fingerprint density at radius 1 is 1.07 bits per heavy atom. The van der Waals surface area contributed by atoms with Crippen LogP contribution in [-0.2, 0) is 4.79 Å². The number of carbonyl (C=O) groups is 2. The smallest absolute Gasteiger partial charge is 0.344 e. The van der Waals surface area contributed by atoms with Crippen molar-refractivity contribution in [2.24, 2.45) is 10.7 Å². The maximum Gasteiger partial charge on any atom is 0.344 e. The Hall–Kier alpha value is -3.58. The average Bonchev–Trinajstić information content (AvgIpc) is 3.04. The highest BCUT2D eigenvalue weighted by atomic mass is 32.2. The molecule has 0 atom stereocenters. The number of hydrogen-bond acceptors (Lipinski definition) is 6. The van der Waals surface area contributed by atoms with Gasteiger partial charge in [-0.1, -0.05) is 42.5 Å². The lowest BCUT2D eigenvalue weighted by Gasteiger charge is -2.11. The third kappa shape index (κ3) is 3.86. The highest BCUT2D eigenvalue weighted by molar-refractivity contribution is 8.18. The largest absolute Gasteiger partial charge is 0.493 e. The molecule has 1 heterocycles. The second-order valence-electron chi connectivity index (χ2n) is 6.19. The predicted molar refractivity (Wildman–Crippen MR) is 114 cm³/mol. The molecule has 2 N–H and O–H groups in total. The van der Waals surface area contributed by atoms with Gasteiger partial charge >= 0.3 is 5.97 Å². The van der Waals surface area contributed by atoms with Crippen LogP contribution in [0, 0.1) is 0 Å². The minimum absolute atomic E-state index is 0.206. The van der Waals surface area contributed by atoms with Crippen LogP contribution in [0.1, 0.15) is 15.9 Å². The summed E-state index contributed by atoms with van der Waals surface area (Å²) in [7, 11) is 1.49. The molecule has 0 saturated carbocycles. The van der Waals surface area contributed by atoms with Crippen LogP contribution >= 0.6 is 11.8 Å². The van der Waals surface area contributed by atoms with E-state index < -0.39 is 11.9 Å². The number of fused-ring (bicyclic) bond motifs is 1. The normalized spacial score (nSPS) is 14.9. The first-order valence-corrected chi connectivity index (χ1v) is 9.53. The molecule has 29 heavy (non-hydrogen) atoms. The van der Waals surface area contributed by atoms with Gasteiger partial charge in [0.2, 0.25) is 0 Å². The summed E-state index contributed by atoms with van der Waals surface area (Å²) in [5.41, 5.74) is 6.70. The molecule has 0 aliphatic carbocycles. The fraction of sp³-hybridized carbons (Fsp3) is 0.0455. The third-order valence-electron chi connectivity index (χ3n) is 4.33. The zero-order valence-electron chi connectivity index (χ0n) is 15.4. The third-order valence-corrected chi connectivity index (χ3v) is 5.15. The lowest BCUT2D eigenvalue weighted by Crippen LogP contribution is -2.10. The fourth-order valence-corrected chi connectivity index (χ4v) is 3.68. The number of rotatable bonds is 4. The van der Waals surface area contributed by atoms with Gasteiger partial charge in [0.05, 0.1) is 17.6 Å². The monoisotopic (exact) mass is 404 g/mol. The Morgan fingerprint density at radius 2 is 1.86 bits per heavy atom. The molecule has 0 spiro atoms. The maximum absolute atomic E-state index is 12.9. The molecule has 6 nitrogen and oxygen atoms in total. The molecule has 1 aliphatic rings. The molecule has 1 amide bonds. The SMILES string of the molecule is COc1ccc(/C=C2/SC(N)=NC2=O)cc1OC(=O)c1cccc2ccccc12. The van der Waals surface area contributed by atoms with E-state index in [-0.39, 0.29) is 10.9 Å². The van der Waals surface area contributed by atoms with E-state index in [1.54, 1.807) is 30.3 Å². The molecule has 0 unspecified atom stereocenters. The summed E-state index contributed by atoms with van der Waals surface area (Å²) < 4.78 is 11.0. The molecule has 4 rings (SSSR count). The van der Waals surface area contributed by atoms with Crippen LogP contribution in [0.3, 0.4) is 0 Å². The first-order chi connectivity index (χ1) is 14.0. The van der Waals surface area contributed by atoms with Crippen molar-refractivity contribution in [1.29, 1.82) is 0 Å². The number of amidine groups is 1. The number of carbonyl (C=O) groups excluding carboxylic acids is 2. The van der Waals surface area contributed by atoms with E-state index in [4.69, 9.17) is 15.2 Å². The summed E-state index contributed by atoms with van der Waals surface area (Å²) in [6.45, 7) is 0. The number of aliphatic imine (C=N–C) groups is 1. The molecule has 0 aromatic heterocycles. The van der Waals surface area contributed by atoms with Gasteiger partial charge in [-0.15, -0.1) is 0 Å². The Labute approximate surface area is 171 Å². The van der Waals surface area contributed by atoms with Gasteiger partial charge in [-0.05, 0) is 52.4 Å². The van der Waals surface area contributed by atoms with E-state index >= 15 is 0 Å². The van der Waals surface area contributed by atoms with Crippen LogP contribution in [0.2, 0.25) is 0 Å². The molecule has 0 radical (unpaired) electrons. The molecule has 144 valence electrons. The predicted octanol–water partition coefficient (Wildman–Crippen LogP) is 4.00. The van der Waals surface area contributed by atoms with Crippen molar-refractivity contribution in [2.75, 3.05) is 7.11 Å². The van der Waals surface area contributed by atoms with Crippen LogP contribution < -0.4 is 15.2 Å². The van der Waals surface area contributed by atoms with Crippen LogP contribution in [-0.4, -0.2) is 24.2 Å². The Balaban J connectivity index is 1.66. The van der Waals surface area contributed by atoms with Gasteiger partial charge in [0.1, 0.15) is 0 Å². The number of nitrogens with two attached hydrogens (primary N) is 1. The van der Waals surface area contributed by atoms with Crippen LogP contribution in [0.5, 0.6) is 11.5 Å². The van der Waals surface area contributed by atoms with Gasteiger partial charge in [-0.2, -0.15) is 4.99 Å². The summed E-state index contributed by atoms with van der Waals surface area (Å²) in [6.07, 6.45) is 1.64. The molecule has 0 fully saturated rings. The Bertz CT molecular complexity index is 1200. The summed E-state index contributed by atoms with van der Waals surface area (Å²) in [5, 5.41) is 1.96. The standard InChI is InChI=1S/C22H16N2O4S/c1-27-17-10-9-13(12-19-20(25)24-22(23)29-19)11-18(17)28-21(26)16-8-4-6-14-5-2-3-7-15(14)16/h2-12H,1H3,(H2,23,24,25)/b19-12+. The second-order valence-corrected chi connectivity index (χ2v) is 7.25. The lowest BCUT2D eigenvalue weighted by atomic mass is 10.0. The van der Waals surface area contributed by atoms with E-state index in [1.807, 2.05) is 36.4 Å². The minimum Gasteiger partial charge on any atom is -0.493 e. The van der Waals surface area contributed by atoms with Crippen molar-refractivity contribution in [3.63, 3.8) is 0 Å². The number of nitrogens with zero attached hydrogens (tertiary/aromatic N) is 1. The molecular formula is C22H16N2O4S. The first kappa shape index (κ1) is 18.8. The van der Waals surface area contributed by atoms with Crippen molar-refractivity contribution >= 4 is 45.7 Å². The summed E-state index contributed by atoms with van der Waals surface area (Å²) in [6, 6.07) is 18.1. The maximum atomic E-state index is 12.9. The lowest BCUT2D eigenvalue weighted by molar-refractivity contribution is -0.113. The molecule has 0 bridgehead atoms. The zero-order valence-corrected chi connectivity index (χ0v) is 16.2. The van der Waals surface area contributed by atoms with E-state index in [9.17, 15) is 9.59 Å². The fourth-order valence-electron chi connectivity index (χ4n) is 3.00. The van der Waals surface area contributed by atoms with Crippen LogP contribution in [0.15, 0.2) is 70.6 Å². The topological polar surface area (TPSA) is 91.0 Å². The van der Waals surface area contributed by atoms with Crippen molar-refractivity contribution in [3.05, 3.63) is 76.7 Å². The van der Waals surface area contributed by atoms with Crippen molar-refractivity contribution in [1.82, 2.24) is 0 Å². The van der Waals surface area contributed by atoms with Gasteiger partial charge in [0, 0.05) is 0 Å². The molecular weight excluding hydrogens is 388 g/mol. The van der Waals surface area contributed by atoms with Gasteiger partial charge in [0.15, 0.2) is 16.7 Å². The molecule has 0 saturated heterocycles. The zero-order chi connectivity index (χ0) is 20.4. The molecule has 7 heteroatoms. The average molecular weight is 404 g/mol. The summed E-state index contributed by atoms with van der Waals surface area (Å²) >= 11 is 1.10. The van der Waals surface area contributed by atoms with Crippen LogP contribution in [0.25, 0.3) is 16.8 Å². The molecule has 3 aromatic carbocycles. The summed E-state index contributed by atoms with van der Waals surface area (Å²) in [5.74, 6) is -0.229. The Morgan fingerprint density at radius 3 is 2.62 bits per heavy atom. The van der Waals surface area contributed by atoms with E-state index in [2.05, 4.69) is 4.99 Å². The number of methoxy groups -OCH3 is 1. The van der Waals surface area contributed by atoms with E-state index in [1.165, 1.54) is 7.11 Å². The van der Waals surface area contributed by atoms with Crippen molar-refractivity contribution < 1.29 is 19.1 Å².